The molecule has 30 heavy (non-hydrogen) atoms. The molecule has 1 saturated heterocycles. The summed E-state index contributed by atoms with van der Waals surface area (Å²) in [7, 11) is 0. The number of fused-ring (bicyclic) bond motifs is 1. The molecule has 5 nitrogen and oxygen atoms in total. The van der Waals surface area contributed by atoms with E-state index in [0.29, 0.717) is 25.7 Å². The van der Waals surface area contributed by atoms with E-state index in [0.717, 1.165) is 49.5 Å². The maximum Gasteiger partial charge on any atom is 0.238 e. The largest absolute Gasteiger partial charge is 0.486 e. The number of benzene rings is 2. The van der Waals surface area contributed by atoms with E-state index in [2.05, 4.69) is 55.3 Å². The van der Waals surface area contributed by atoms with Gasteiger partial charge in [-0.3, -0.25) is 9.69 Å². The molecule has 0 aliphatic carbocycles. The van der Waals surface area contributed by atoms with Crippen LogP contribution in [0.1, 0.15) is 48.4 Å². The fourth-order valence-electron chi connectivity index (χ4n) is 4.60. The predicted octanol–water partition coefficient (Wildman–Crippen LogP) is 4.32. The van der Waals surface area contributed by atoms with E-state index >= 15 is 0 Å². The molecule has 1 amide bonds. The highest BCUT2D eigenvalue weighted by atomic mass is 16.6. The average Bonchev–Trinajstić information content (AvgIpc) is 3.22. The van der Waals surface area contributed by atoms with Crippen LogP contribution in [0.4, 0.5) is 5.69 Å². The van der Waals surface area contributed by atoms with Gasteiger partial charge in [0.05, 0.1) is 6.54 Å². The number of rotatable bonds is 6. The van der Waals surface area contributed by atoms with Crippen molar-refractivity contribution in [2.24, 2.45) is 0 Å². The molecule has 5 heteroatoms. The highest BCUT2D eigenvalue weighted by Gasteiger charge is 2.27. The van der Waals surface area contributed by atoms with Crippen LogP contribution in [0.2, 0.25) is 0 Å². The number of carbonyl (C=O) groups is 1. The molecule has 0 bridgehead atoms. The Morgan fingerprint density at radius 2 is 1.77 bits per heavy atom. The smallest absolute Gasteiger partial charge is 0.238 e. The van der Waals surface area contributed by atoms with E-state index in [-0.39, 0.29) is 5.91 Å². The number of carbonyl (C=O) groups excluding carboxylic acids is 1. The van der Waals surface area contributed by atoms with Crippen molar-refractivity contribution in [2.45, 2.75) is 46.0 Å². The monoisotopic (exact) mass is 408 g/mol. The van der Waals surface area contributed by atoms with Gasteiger partial charge in [0.1, 0.15) is 13.2 Å². The first-order valence-electron chi connectivity index (χ1n) is 11.1. The van der Waals surface area contributed by atoms with Gasteiger partial charge in [-0.05, 0) is 67.5 Å². The molecule has 0 spiro atoms. The second-order valence-corrected chi connectivity index (χ2v) is 8.34. The van der Waals surface area contributed by atoms with Gasteiger partial charge in [-0.1, -0.05) is 37.6 Å². The number of nitrogens with one attached hydrogen (secondary N) is 1. The standard InChI is InChI=1S/C25H32N2O3/c1-4-18-12-17(3)13-19(5-2)25(18)26-24(28)16-27-9-8-21(15-27)20-6-7-22-23(14-20)30-11-10-29-22/h6-7,12-14,21H,4-5,8-11,15-16H2,1-3H3,(H,26,28). The number of ether oxygens (including phenoxy) is 2. The van der Waals surface area contributed by atoms with Gasteiger partial charge in [0, 0.05) is 12.2 Å². The van der Waals surface area contributed by atoms with Gasteiger partial charge in [-0.15, -0.1) is 0 Å². The second-order valence-electron chi connectivity index (χ2n) is 8.34. The van der Waals surface area contributed by atoms with Crippen molar-refractivity contribution in [2.75, 3.05) is 38.2 Å². The van der Waals surface area contributed by atoms with Gasteiger partial charge >= 0.3 is 0 Å². The summed E-state index contributed by atoms with van der Waals surface area (Å²) in [5.41, 5.74) is 5.97. The summed E-state index contributed by atoms with van der Waals surface area (Å²) in [6, 6.07) is 10.6. The minimum atomic E-state index is 0.0751. The molecule has 2 aromatic rings. The van der Waals surface area contributed by atoms with Crippen molar-refractivity contribution < 1.29 is 14.3 Å². The summed E-state index contributed by atoms with van der Waals surface area (Å²) in [5, 5.41) is 3.21. The molecule has 0 aromatic heterocycles. The molecule has 1 atom stereocenters. The van der Waals surface area contributed by atoms with Crippen molar-refractivity contribution >= 4 is 11.6 Å². The first kappa shape index (κ1) is 20.7. The van der Waals surface area contributed by atoms with Gasteiger partial charge in [0.2, 0.25) is 5.91 Å². The molecule has 0 saturated carbocycles. The normalized spacial score (nSPS) is 18.4. The maximum atomic E-state index is 12.8. The predicted molar refractivity (Wildman–Crippen MR) is 120 cm³/mol. The van der Waals surface area contributed by atoms with E-state index in [1.807, 2.05) is 6.07 Å². The van der Waals surface area contributed by atoms with E-state index < -0.39 is 0 Å². The minimum absolute atomic E-state index is 0.0751. The number of likely N-dealkylation sites (tertiary alicyclic amines) is 1. The quantitative estimate of drug-likeness (QED) is 0.773. The van der Waals surface area contributed by atoms with Gasteiger partial charge in [-0.2, -0.15) is 0 Å². The van der Waals surface area contributed by atoms with Crippen LogP contribution in [0.5, 0.6) is 11.5 Å². The van der Waals surface area contributed by atoms with Crippen LogP contribution in [-0.4, -0.2) is 43.7 Å². The van der Waals surface area contributed by atoms with Crippen LogP contribution < -0.4 is 14.8 Å². The Bertz CT molecular complexity index is 900. The lowest BCUT2D eigenvalue weighted by Gasteiger charge is -2.21. The van der Waals surface area contributed by atoms with Crippen LogP contribution in [0.15, 0.2) is 30.3 Å². The molecule has 2 aliphatic heterocycles. The molecule has 2 aliphatic rings. The molecule has 0 radical (unpaired) electrons. The molecule has 160 valence electrons. The third-order valence-corrected chi connectivity index (χ3v) is 6.15. The fourth-order valence-corrected chi connectivity index (χ4v) is 4.60. The number of hydrogen-bond acceptors (Lipinski definition) is 4. The Morgan fingerprint density at radius 1 is 1.07 bits per heavy atom. The number of aryl methyl sites for hydroxylation is 3. The Hall–Kier alpha value is -2.53. The molecule has 1 unspecified atom stereocenters. The van der Waals surface area contributed by atoms with Crippen LogP contribution in [0.25, 0.3) is 0 Å². The highest BCUT2D eigenvalue weighted by molar-refractivity contribution is 5.94. The van der Waals surface area contributed by atoms with Gasteiger partial charge in [0.25, 0.3) is 0 Å². The molecule has 1 N–H and O–H groups in total. The zero-order valence-corrected chi connectivity index (χ0v) is 18.3. The number of amides is 1. The minimum Gasteiger partial charge on any atom is -0.486 e. The Kier molecular flexibility index (Phi) is 6.28. The van der Waals surface area contributed by atoms with Crippen molar-refractivity contribution in [3.05, 3.63) is 52.6 Å². The van der Waals surface area contributed by atoms with Crippen LogP contribution in [-0.2, 0) is 17.6 Å². The third kappa shape index (κ3) is 4.46. The van der Waals surface area contributed by atoms with E-state index in [4.69, 9.17) is 9.47 Å². The van der Waals surface area contributed by atoms with Crippen LogP contribution in [0.3, 0.4) is 0 Å². The van der Waals surface area contributed by atoms with E-state index in [9.17, 15) is 4.79 Å². The van der Waals surface area contributed by atoms with Crippen LogP contribution in [0, 0.1) is 6.92 Å². The fraction of sp³-hybridized carbons (Fsp3) is 0.480. The van der Waals surface area contributed by atoms with Crippen molar-refractivity contribution in [3.8, 4) is 11.5 Å². The number of nitrogens with zero attached hydrogens (tertiary/aromatic N) is 1. The number of anilines is 1. The Labute approximate surface area is 179 Å². The van der Waals surface area contributed by atoms with E-state index in [1.165, 1.54) is 22.3 Å². The Morgan fingerprint density at radius 3 is 2.47 bits per heavy atom. The van der Waals surface area contributed by atoms with E-state index in [1.54, 1.807) is 0 Å². The lowest BCUT2D eigenvalue weighted by Crippen LogP contribution is -2.32. The van der Waals surface area contributed by atoms with Gasteiger partial charge in [-0.25, -0.2) is 0 Å². The summed E-state index contributed by atoms with van der Waals surface area (Å²) >= 11 is 0. The first-order valence-corrected chi connectivity index (χ1v) is 11.1. The van der Waals surface area contributed by atoms with Crippen molar-refractivity contribution in [3.63, 3.8) is 0 Å². The van der Waals surface area contributed by atoms with Crippen molar-refractivity contribution in [1.82, 2.24) is 4.90 Å². The molecular formula is C25H32N2O3. The molecule has 1 fully saturated rings. The third-order valence-electron chi connectivity index (χ3n) is 6.15. The molecular weight excluding hydrogens is 376 g/mol. The summed E-state index contributed by atoms with van der Waals surface area (Å²) in [6.45, 7) is 9.87. The maximum absolute atomic E-state index is 12.8. The summed E-state index contributed by atoms with van der Waals surface area (Å²) in [6.07, 6.45) is 2.89. The average molecular weight is 409 g/mol. The highest BCUT2D eigenvalue weighted by Crippen LogP contribution is 2.36. The van der Waals surface area contributed by atoms with Gasteiger partial charge in [0.15, 0.2) is 11.5 Å². The van der Waals surface area contributed by atoms with Crippen molar-refractivity contribution in [1.29, 1.82) is 0 Å². The van der Waals surface area contributed by atoms with Gasteiger partial charge < -0.3 is 14.8 Å². The molecule has 2 heterocycles. The topological polar surface area (TPSA) is 50.8 Å². The number of hydrogen-bond donors (Lipinski definition) is 1. The lowest BCUT2D eigenvalue weighted by molar-refractivity contribution is -0.117. The lowest BCUT2D eigenvalue weighted by atomic mass is 9.98. The SMILES string of the molecule is CCc1cc(C)cc(CC)c1NC(=O)CN1CCC(c2ccc3c(c2)OCCO3)C1. The summed E-state index contributed by atoms with van der Waals surface area (Å²) < 4.78 is 11.4. The Balaban J connectivity index is 1.39. The second kappa shape index (κ2) is 9.09. The summed E-state index contributed by atoms with van der Waals surface area (Å²) in [5.74, 6) is 2.17. The van der Waals surface area contributed by atoms with Crippen LogP contribution >= 0.6 is 0 Å². The summed E-state index contributed by atoms with van der Waals surface area (Å²) in [4.78, 5) is 15.1. The molecule has 2 aromatic carbocycles. The first-order chi connectivity index (χ1) is 14.6. The molecule has 4 rings (SSSR count). The zero-order chi connectivity index (χ0) is 21.1. The zero-order valence-electron chi connectivity index (χ0n) is 18.3.